The monoisotopic (exact) mass is 451 g/mol. The van der Waals surface area contributed by atoms with E-state index in [0.717, 1.165) is 34.4 Å². The second-order valence-corrected chi connectivity index (χ2v) is 8.33. The summed E-state index contributed by atoms with van der Waals surface area (Å²) >= 11 is 0. The minimum atomic E-state index is -4.67. The largest absolute Gasteiger partial charge is 0.433 e. The molecule has 0 aliphatic heterocycles. The van der Waals surface area contributed by atoms with Crippen LogP contribution in [0.25, 0.3) is 16.7 Å². The van der Waals surface area contributed by atoms with Gasteiger partial charge in [0.15, 0.2) is 5.82 Å². The average molecular weight is 451 g/mol. The molecule has 0 unspecified atom stereocenters. The van der Waals surface area contributed by atoms with Gasteiger partial charge in [-0.2, -0.15) is 23.4 Å². The Morgan fingerprint density at radius 3 is 2.61 bits per heavy atom. The van der Waals surface area contributed by atoms with Crippen LogP contribution in [-0.4, -0.2) is 37.9 Å². The SMILES string of the molecule is CCc1ccc2cnn(C)c2c1NS(=O)(=O)c1cnn(-c2cc(C(F)(F)F)ncn2)c1. The van der Waals surface area contributed by atoms with Crippen LogP contribution in [0.2, 0.25) is 0 Å². The van der Waals surface area contributed by atoms with Crippen molar-refractivity contribution in [1.29, 1.82) is 0 Å². The Hall–Kier alpha value is -3.48. The number of benzene rings is 1. The predicted molar refractivity (Wildman–Crippen MR) is 105 cm³/mol. The van der Waals surface area contributed by atoms with Crippen molar-refractivity contribution < 1.29 is 21.6 Å². The molecule has 4 aromatic rings. The molecule has 9 nitrogen and oxygen atoms in total. The normalized spacial score (nSPS) is 12.4. The standard InChI is InChI=1S/C18H16F3N7O2S/c1-3-11-4-5-12-7-24-27(2)17(12)16(11)26-31(29,30)13-8-25-28(9-13)15-6-14(18(19,20)21)22-10-23-15/h4-10,26H,3H2,1-2H3. The third kappa shape index (κ3) is 3.83. The van der Waals surface area contributed by atoms with Crippen LogP contribution in [0, 0.1) is 0 Å². The Labute approximate surface area is 174 Å². The fourth-order valence-electron chi connectivity index (χ4n) is 3.11. The zero-order valence-electron chi connectivity index (χ0n) is 16.3. The third-order valence-electron chi connectivity index (χ3n) is 4.65. The highest BCUT2D eigenvalue weighted by molar-refractivity contribution is 7.92. The number of nitrogens with one attached hydrogen (secondary N) is 1. The third-order valence-corrected chi connectivity index (χ3v) is 5.96. The number of anilines is 1. The quantitative estimate of drug-likeness (QED) is 0.500. The molecule has 13 heteroatoms. The molecule has 3 aromatic heterocycles. The number of aryl methyl sites for hydroxylation is 2. The maximum atomic E-state index is 13.0. The second-order valence-electron chi connectivity index (χ2n) is 6.64. The van der Waals surface area contributed by atoms with Crippen molar-refractivity contribution in [3.63, 3.8) is 0 Å². The maximum Gasteiger partial charge on any atom is 0.433 e. The van der Waals surface area contributed by atoms with Gasteiger partial charge >= 0.3 is 6.18 Å². The molecule has 31 heavy (non-hydrogen) atoms. The smallest absolute Gasteiger partial charge is 0.277 e. The summed E-state index contributed by atoms with van der Waals surface area (Å²) in [6.07, 6.45) is 0.381. The first-order chi connectivity index (χ1) is 14.6. The summed E-state index contributed by atoms with van der Waals surface area (Å²) < 4.78 is 69.8. The lowest BCUT2D eigenvalue weighted by atomic mass is 10.1. The summed E-state index contributed by atoms with van der Waals surface area (Å²) in [5.41, 5.74) is 0.596. The lowest BCUT2D eigenvalue weighted by Gasteiger charge is -2.13. The summed E-state index contributed by atoms with van der Waals surface area (Å²) in [6, 6.07) is 4.34. The van der Waals surface area contributed by atoms with E-state index in [1.807, 2.05) is 19.1 Å². The van der Waals surface area contributed by atoms with Gasteiger partial charge in [0.2, 0.25) is 0 Å². The van der Waals surface area contributed by atoms with Gasteiger partial charge in [0.25, 0.3) is 10.0 Å². The number of aromatic nitrogens is 6. The van der Waals surface area contributed by atoms with E-state index in [2.05, 4.69) is 24.9 Å². The maximum absolute atomic E-state index is 13.0. The highest BCUT2D eigenvalue weighted by Crippen LogP contribution is 2.30. The second kappa shape index (κ2) is 7.34. The first kappa shape index (κ1) is 20.8. The molecule has 1 N–H and O–H groups in total. The van der Waals surface area contributed by atoms with Crippen molar-refractivity contribution in [2.75, 3.05) is 4.72 Å². The first-order valence-electron chi connectivity index (χ1n) is 9.01. The van der Waals surface area contributed by atoms with E-state index in [4.69, 9.17) is 0 Å². The molecule has 4 rings (SSSR count). The van der Waals surface area contributed by atoms with Crippen LogP contribution < -0.4 is 4.72 Å². The van der Waals surface area contributed by atoms with Crippen molar-refractivity contribution in [2.45, 2.75) is 24.4 Å². The van der Waals surface area contributed by atoms with Crippen LogP contribution >= 0.6 is 0 Å². The number of hydrogen-bond acceptors (Lipinski definition) is 6. The van der Waals surface area contributed by atoms with Gasteiger partial charge in [-0.15, -0.1) is 0 Å². The lowest BCUT2D eigenvalue weighted by Crippen LogP contribution is -2.15. The number of halogens is 3. The predicted octanol–water partition coefficient (Wildman–Crippen LogP) is 2.93. The van der Waals surface area contributed by atoms with Crippen LogP contribution in [-0.2, 0) is 29.7 Å². The number of nitrogens with zero attached hydrogens (tertiary/aromatic N) is 6. The van der Waals surface area contributed by atoms with Gasteiger partial charge < -0.3 is 0 Å². The Kier molecular flexibility index (Phi) is 4.92. The topological polar surface area (TPSA) is 108 Å². The Balaban J connectivity index is 1.72. The van der Waals surface area contributed by atoms with Crippen molar-refractivity contribution in [3.05, 3.63) is 54.4 Å². The molecule has 0 radical (unpaired) electrons. The molecule has 0 bridgehead atoms. The minimum Gasteiger partial charge on any atom is -0.277 e. The van der Waals surface area contributed by atoms with E-state index in [0.29, 0.717) is 23.7 Å². The van der Waals surface area contributed by atoms with Crippen LogP contribution in [0.4, 0.5) is 18.9 Å². The highest BCUT2D eigenvalue weighted by atomic mass is 32.2. The van der Waals surface area contributed by atoms with Gasteiger partial charge in [0.1, 0.15) is 16.9 Å². The Morgan fingerprint density at radius 2 is 1.90 bits per heavy atom. The molecule has 0 spiro atoms. The fraction of sp³-hybridized carbons (Fsp3) is 0.222. The molecule has 162 valence electrons. The molecular weight excluding hydrogens is 435 g/mol. The van der Waals surface area contributed by atoms with E-state index in [-0.39, 0.29) is 10.7 Å². The first-order valence-corrected chi connectivity index (χ1v) is 10.5. The molecule has 0 aliphatic carbocycles. The van der Waals surface area contributed by atoms with Gasteiger partial charge in [-0.25, -0.2) is 23.1 Å². The summed E-state index contributed by atoms with van der Waals surface area (Å²) in [4.78, 5) is 6.69. The van der Waals surface area contributed by atoms with E-state index in [1.54, 1.807) is 17.9 Å². The molecule has 0 fully saturated rings. The highest BCUT2D eigenvalue weighted by Gasteiger charge is 2.33. The fourth-order valence-corrected chi connectivity index (χ4v) is 4.15. The van der Waals surface area contributed by atoms with Gasteiger partial charge in [0, 0.05) is 18.5 Å². The molecular formula is C18H16F3N7O2S. The molecule has 1 aromatic carbocycles. The van der Waals surface area contributed by atoms with Gasteiger partial charge in [-0.05, 0) is 12.0 Å². The van der Waals surface area contributed by atoms with Crippen molar-refractivity contribution in [1.82, 2.24) is 29.5 Å². The molecule has 0 saturated carbocycles. The van der Waals surface area contributed by atoms with E-state index < -0.39 is 21.9 Å². The summed E-state index contributed by atoms with van der Waals surface area (Å²) in [5, 5.41) is 8.78. The molecule has 0 amide bonds. The number of alkyl halides is 3. The Bertz CT molecular complexity index is 1380. The van der Waals surface area contributed by atoms with Crippen molar-refractivity contribution in [3.8, 4) is 5.82 Å². The Morgan fingerprint density at radius 1 is 1.13 bits per heavy atom. The summed E-state index contributed by atoms with van der Waals surface area (Å²) in [6.45, 7) is 1.89. The van der Waals surface area contributed by atoms with E-state index >= 15 is 0 Å². The van der Waals surface area contributed by atoms with Crippen LogP contribution in [0.5, 0.6) is 0 Å². The van der Waals surface area contributed by atoms with Crippen molar-refractivity contribution >= 4 is 26.6 Å². The van der Waals surface area contributed by atoms with Crippen LogP contribution in [0.15, 0.2) is 48.0 Å². The summed E-state index contributed by atoms with van der Waals surface area (Å²) in [7, 11) is -2.40. The van der Waals surface area contributed by atoms with Crippen molar-refractivity contribution in [2.24, 2.45) is 7.05 Å². The molecule has 0 aliphatic rings. The van der Waals surface area contributed by atoms with Crippen LogP contribution in [0.3, 0.4) is 0 Å². The minimum absolute atomic E-state index is 0.216. The zero-order chi connectivity index (χ0) is 22.4. The number of hydrogen-bond donors (Lipinski definition) is 1. The summed E-state index contributed by atoms with van der Waals surface area (Å²) in [5.74, 6) is -0.216. The molecule has 0 atom stereocenters. The van der Waals surface area contributed by atoms with Gasteiger partial charge in [-0.3, -0.25) is 9.40 Å². The van der Waals surface area contributed by atoms with Crippen LogP contribution in [0.1, 0.15) is 18.2 Å². The van der Waals surface area contributed by atoms with E-state index in [1.165, 1.54) is 0 Å². The lowest BCUT2D eigenvalue weighted by molar-refractivity contribution is -0.141. The number of fused-ring (bicyclic) bond motifs is 1. The van der Waals surface area contributed by atoms with E-state index in [9.17, 15) is 21.6 Å². The number of sulfonamides is 1. The molecule has 0 saturated heterocycles. The zero-order valence-corrected chi connectivity index (χ0v) is 17.1. The van der Waals surface area contributed by atoms with Gasteiger partial charge in [-0.1, -0.05) is 19.1 Å². The number of rotatable bonds is 5. The average Bonchev–Trinajstić information content (AvgIpc) is 3.36. The molecule has 3 heterocycles. The van der Waals surface area contributed by atoms with Gasteiger partial charge in [0.05, 0.1) is 29.8 Å².